The van der Waals surface area contributed by atoms with Crippen molar-refractivity contribution >= 4 is 17.4 Å². The first kappa shape index (κ1) is 16.7. The van der Waals surface area contributed by atoms with Crippen LogP contribution in [-0.4, -0.2) is 32.3 Å². The number of carbonyl (C=O) groups excluding carboxylic acids is 2. The molecule has 1 heterocycles. The number of phenols is 1. The summed E-state index contributed by atoms with van der Waals surface area (Å²) in [6.07, 6.45) is 2.51. The zero-order valence-electron chi connectivity index (χ0n) is 14.3. The zero-order chi connectivity index (χ0) is 18.8. The van der Waals surface area contributed by atoms with E-state index in [2.05, 4.69) is 15.6 Å². The number of para-hydroxylation sites is 2. The number of amides is 1. The number of rotatable bonds is 3. The van der Waals surface area contributed by atoms with Crippen LogP contribution in [0.3, 0.4) is 0 Å². The smallest absolute Gasteiger partial charge is 0.275 e. The molecule has 0 unspecified atom stereocenters. The summed E-state index contributed by atoms with van der Waals surface area (Å²) in [4.78, 5) is 24.8. The van der Waals surface area contributed by atoms with Gasteiger partial charge in [0.25, 0.3) is 5.91 Å². The number of hydrogen-bond acceptors (Lipinski definition) is 5. The van der Waals surface area contributed by atoms with E-state index in [-0.39, 0.29) is 22.8 Å². The number of benzene rings is 2. The second kappa shape index (κ2) is 6.87. The number of nitrogens with zero attached hydrogens (tertiary/aromatic N) is 3. The molecule has 3 aromatic rings. The molecule has 2 N–H and O–H groups in total. The van der Waals surface area contributed by atoms with Gasteiger partial charge in [0.15, 0.2) is 0 Å². The average molecular weight is 360 g/mol. The first-order valence-electron chi connectivity index (χ1n) is 8.47. The van der Waals surface area contributed by atoms with Gasteiger partial charge in [-0.2, -0.15) is 10.2 Å². The summed E-state index contributed by atoms with van der Waals surface area (Å²) in [5.41, 5.74) is 4.92. The predicted molar refractivity (Wildman–Crippen MR) is 99.2 cm³/mol. The first-order chi connectivity index (χ1) is 13.1. The summed E-state index contributed by atoms with van der Waals surface area (Å²) in [7, 11) is 0. The second-order valence-corrected chi connectivity index (χ2v) is 6.10. The van der Waals surface area contributed by atoms with Crippen LogP contribution in [0.1, 0.15) is 32.8 Å². The van der Waals surface area contributed by atoms with Crippen LogP contribution in [0.4, 0.5) is 0 Å². The number of phenolic OH excluding ortho intramolecular Hbond substituents is 1. The van der Waals surface area contributed by atoms with Gasteiger partial charge in [-0.25, -0.2) is 10.1 Å². The molecular formula is C20H16N4O3. The molecule has 0 saturated carbocycles. The maximum atomic E-state index is 12.7. The van der Waals surface area contributed by atoms with Crippen LogP contribution in [0.15, 0.2) is 65.9 Å². The highest BCUT2D eigenvalue weighted by Gasteiger charge is 2.28. The van der Waals surface area contributed by atoms with Gasteiger partial charge in [-0.15, -0.1) is 0 Å². The topological polar surface area (TPSA) is 96.6 Å². The molecule has 0 aliphatic heterocycles. The number of ketones is 1. The molecule has 0 saturated heterocycles. The van der Waals surface area contributed by atoms with Gasteiger partial charge in [0, 0.05) is 6.42 Å². The first-order valence-corrected chi connectivity index (χ1v) is 8.47. The Morgan fingerprint density at radius 2 is 1.81 bits per heavy atom. The monoisotopic (exact) mass is 360 g/mol. The predicted octanol–water partition coefficient (Wildman–Crippen LogP) is 2.49. The van der Waals surface area contributed by atoms with Crippen LogP contribution in [0.25, 0.3) is 5.69 Å². The molecule has 1 aromatic heterocycles. The third-order valence-corrected chi connectivity index (χ3v) is 4.42. The Morgan fingerprint density at radius 1 is 1.07 bits per heavy atom. The van der Waals surface area contributed by atoms with Gasteiger partial charge in [-0.1, -0.05) is 30.3 Å². The SMILES string of the molecule is O=C(N/N=C1\CCc2c(cnn2-c2ccccc2)C1=O)c1ccccc1O. The number of Topliss-reactive ketones (excluding diaryl/α,β-unsaturated/α-hetero) is 1. The molecule has 0 radical (unpaired) electrons. The molecule has 1 aliphatic carbocycles. The van der Waals surface area contributed by atoms with Gasteiger partial charge in [0.05, 0.1) is 28.7 Å². The lowest BCUT2D eigenvalue weighted by molar-refractivity contribution is 0.0952. The lowest BCUT2D eigenvalue weighted by Crippen LogP contribution is -2.27. The summed E-state index contributed by atoms with van der Waals surface area (Å²) in [6.45, 7) is 0. The minimum atomic E-state index is -0.570. The molecule has 0 atom stereocenters. The third kappa shape index (κ3) is 3.10. The van der Waals surface area contributed by atoms with Crippen molar-refractivity contribution in [2.75, 3.05) is 0 Å². The third-order valence-electron chi connectivity index (χ3n) is 4.42. The molecule has 0 spiro atoms. The van der Waals surface area contributed by atoms with E-state index in [1.54, 1.807) is 16.8 Å². The number of fused-ring (bicyclic) bond motifs is 1. The summed E-state index contributed by atoms with van der Waals surface area (Å²) >= 11 is 0. The Kier molecular flexibility index (Phi) is 4.25. The Balaban J connectivity index is 1.56. The molecule has 0 bridgehead atoms. The van der Waals surface area contributed by atoms with Crippen molar-refractivity contribution in [1.29, 1.82) is 0 Å². The van der Waals surface area contributed by atoms with Crippen molar-refractivity contribution in [3.05, 3.63) is 77.6 Å². The average Bonchev–Trinajstić information content (AvgIpc) is 3.13. The molecule has 1 amide bonds. The number of aromatic nitrogens is 2. The Labute approximate surface area is 155 Å². The minimum absolute atomic E-state index is 0.0997. The number of carbonyl (C=O) groups is 2. The van der Waals surface area contributed by atoms with Crippen LogP contribution in [-0.2, 0) is 6.42 Å². The summed E-state index contributed by atoms with van der Waals surface area (Å²) in [5, 5.41) is 18.0. The number of aromatic hydroxyl groups is 1. The Morgan fingerprint density at radius 3 is 2.59 bits per heavy atom. The van der Waals surface area contributed by atoms with E-state index in [0.717, 1.165) is 11.4 Å². The lowest BCUT2D eigenvalue weighted by atomic mass is 9.95. The highest BCUT2D eigenvalue weighted by molar-refractivity contribution is 6.47. The second-order valence-electron chi connectivity index (χ2n) is 6.10. The fraction of sp³-hybridized carbons (Fsp3) is 0.100. The van der Waals surface area contributed by atoms with E-state index in [9.17, 15) is 14.7 Å². The lowest BCUT2D eigenvalue weighted by Gasteiger charge is -2.15. The Bertz CT molecular complexity index is 1050. The molecule has 2 aromatic carbocycles. The molecule has 134 valence electrons. The van der Waals surface area contributed by atoms with Gasteiger partial charge < -0.3 is 5.11 Å². The van der Waals surface area contributed by atoms with Gasteiger partial charge in [-0.05, 0) is 30.7 Å². The quantitative estimate of drug-likeness (QED) is 0.701. The molecule has 7 nitrogen and oxygen atoms in total. The molecule has 27 heavy (non-hydrogen) atoms. The van der Waals surface area contributed by atoms with Crippen molar-refractivity contribution in [3.8, 4) is 11.4 Å². The maximum absolute atomic E-state index is 12.7. The van der Waals surface area contributed by atoms with Gasteiger partial charge >= 0.3 is 0 Å². The Hall–Kier alpha value is -3.74. The van der Waals surface area contributed by atoms with E-state index in [4.69, 9.17) is 0 Å². The number of hydrazone groups is 1. The highest BCUT2D eigenvalue weighted by atomic mass is 16.3. The van der Waals surface area contributed by atoms with Crippen molar-refractivity contribution < 1.29 is 14.7 Å². The summed E-state index contributed by atoms with van der Waals surface area (Å²) in [6, 6.07) is 15.7. The van der Waals surface area contributed by atoms with Gasteiger partial charge in [0.2, 0.25) is 5.78 Å². The van der Waals surface area contributed by atoms with E-state index in [1.807, 2.05) is 30.3 Å². The summed E-state index contributed by atoms with van der Waals surface area (Å²) in [5.74, 6) is -0.966. The minimum Gasteiger partial charge on any atom is -0.507 e. The molecular weight excluding hydrogens is 344 g/mol. The summed E-state index contributed by atoms with van der Waals surface area (Å²) < 4.78 is 1.75. The van der Waals surface area contributed by atoms with Gasteiger partial charge in [0.1, 0.15) is 11.5 Å². The molecule has 4 rings (SSSR count). The maximum Gasteiger partial charge on any atom is 0.275 e. The van der Waals surface area contributed by atoms with Crippen LogP contribution in [0.5, 0.6) is 5.75 Å². The van der Waals surface area contributed by atoms with E-state index >= 15 is 0 Å². The van der Waals surface area contributed by atoms with Crippen molar-refractivity contribution in [2.45, 2.75) is 12.8 Å². The zero-order valence-corrected chi connectivity index (χ0v) is 14.3. The standard InChI is InChI=1S/C20H16N4O3/c25-18-9-5-4-8-14(18)20(27)23-22-16-10-11-17-15(19(16)26)12-21-24(17)13-6-2-1-3-7-13/h1-9,12,25H,10-11H2,(H,23,27)/b22-16+. The highest BCUT2D eigenvalue weighted by Crippen LogP contribution is 2.22. The fourth-order valence-electron chi connectivity index (χ4n) is 3.05. The van der Waals surface area contributed by atoms with Gasteiger partial charge in [-0.3, -0.25) is 9.59 Å². The van der Waals surface area contributed by atoms with E-state index in [1.165, 1.54) is 18.3 Å². The van der Waals surface area contributed by atoms with Crippen LogP contribution >= 0.6 is 0 Å². The normalized spacial score (nSPS) is 14.8. The number of nitrogens with one attached hydrogen (secondary N) is 1. The van der Waals surface area contributed by atoms with Crippen molar-refractivity contribution in [1.82, 2.24) is 15.2 Å². The van der Waals surface area contributed by atoms with Crippen molar-refractivity contribution in [2.24, 2.45) is 5.10 Å². The van der Waals surface area contributed by atoms with Crippen LogP contribution < -0.4 is 5.43 Å². The largest absolute Gasteiger partial charge is 0.507 e. The van der Waals surface area contributed by atoms with Crippen LogP contribution in [0, 0.1) is 0 Å². The number of hydrogen-bond donors (Lipinski definition) is 2. The van der Waals surface area contributed by atoms with Crippen molar-refractivity contribution in [3.63, 3.8) is 0 Å². The molecule has 1 aliphatic rings. The van der Waals surface area contributed by atoms with Crippen LogP contribution in [0.2, 0.25) is 0 Å². The van der Waals surface area contributed by atoms with E-state index in [0.29, 0.717) is 18.4 Å². The van der Waals surface area contributed by atoms with E-state index < -0.39 is 5.91 Å². The molecule has 0 fully saturated rings. The molecule has 7 heteroatoms. The fourth-order valence-corrected chi connectivity index (χ4v) is 3.05.